The quantitative estimate of drug-likeness (QED) is 0.495. The summed E-state index contributed by atoms with van der Waals surface area (Å²) in [6, 6.07) is 11.4. The molecule has 1 amide bonds. The number of aromatic nitrogens is 2. The van der Waals surface area contributed by atoms with Crippen molar-refractivity contribution < 1.29 is 4.79 Å². The largest absolute Gasteiger partial charge is 0.326 e. The molecule has 0 aliphatic heterocycles. The first kappa shape index (κ1) is 22.2. The fraction of sp³-hybridized carbons (Fsp3) is 0.400. The summed E-state index contributed by atoms with van der Waals surface area (Å²) in [4.78, 5) is 21.3. The Kier molecular flexibility index (Phi) is 7.81. The van der Waals surface area contributed by atoms with Crippen molar-refractivity contribution in [2.45, 2.75) is 58.8 Å². The highest BCUT2D eigenvalue weighted by Gasteiger charge is 2.25. The van der Waals surface area contributed by atoms with Crippen molar-refractivity contribution in [2.24, 2.45) is 5.92 Å². The lowest BCUT2D eigenvalue weighted by molar-refractivity contribution is -0.117. The Hall–Kier alpha value is -2.46. The van der Waals surface area contributed by atoms with Crippen LogP contribution in [-0.4, -0.2) is 15.9 Å². The van der Waals surface area contributed by atoms with E-state index in [4.69, 9.17) is 11.6 Å². The monoisotopic (exact) mass is 423 g/mol. The Balaban J connectivity index is 0.00000124. The number of nitrogens with one attached hydrogen (secondary N) is 1. The van der Waals surface area contributed by atoms with Gasteiger partial charge < -0.3 is 5.32 Å². The van der Waals surface area contributed by atoms with Gasteiger partial charge in [-0.05, 0) is 86.4 Å². The highest BCUT2D eigenvalue weighted by Crippen LogP contribution is 2.39. The van der Waals surface area contributed by atoms with Gasteiger partial charge in [-0.25, -0.2) is 0 Å². The Labute approximate surface area is 184 Å². The van der Waals surface area contributed by atoms with Gasteiger partial charge in [-0.3, -0.25) is 14.8 Å². The van der Waals surface area contributed by atoms with Crippen LogP contribution in [-0.2, 0) is 4.79 Å². The number of carbonyl (C=O) groups is 1. The summed E-state index contributed by atoms with van der Waals surface area (Å²) >= 11 is 5.89. The van der Waals surface area contributed by atoms with Crippen molar-refractivity contribution >= 4 is 34.1 Å². The lowest BCUT2D eigenvalue weighted by Gasteiger charge is -2.29. The van der Waals surface area contributed by atoms with Gasteiger partial charge in [-0.2, -0.15) is 0 Å². The number of anilines is 1. The van der Waals surface area contributed by atoms with E-state index >= 15 is 0 Å². The molecule has 4 nitrogen and oxygen atoms in total. The first-order chi connectivity index (χ1) is 14.6. The predicted octanol–water partition coefficient (Wildman–Crippen LogP) is 6.92. The number of hydrogen-bond acceptors (Lipinski definition) is 3. The third-order valence-electron chi connectivity index (χ3n) is 5.69. The van der Waals surface area contributed by atoms with Crippen LogP contribution in [0.1, 0.15) is 63.1 Å². The molecule has 0 unspecified atom stereocenters. The lowest BCUT2D eigenvalue weighted by Crippen LogP contribution is -2.20. The van der Waals surface area contributed by atoms with Crippen molar-refractivity contribution in [2.75, 3.05) is 5.32 Å². The molecule has 2 aromatic heterocycles. The molecule has 1 aliphatic rings. The molecule has 4 rings (SSSR count). The summed E-state index contributed by atoms with van der Waals surface area (Å²) in [7, 11) is 0. The molecule has 0 saturated heterocycles. The fourth-order valence-electron chi connectivity index (χ4n) is 4.20. The van der Waals surface area contributed by atoms with Gasteiger partial charge in [-0.1, -0.05) is 25.4 Å². The number of nitrogens with zero attached hydrogens (tertiary/aromatic N) is 2. The van der Waals surface area contributed by atoms with Crippen LogP contribution in [0.15, 0.2) is 48.8 Å². The molecule has 5 heteroatoms. The molecule has 1 aromatic carbocycles. The average Bonchev–Trinajstić information content (AvgIpc) is 2.77. The number of rotatable bonds is 4. The number of carbonyl (C=O) groups excluding carboxylic acids is 1. The van der Waals surface area contributed by atoms with E-state index in [1.807, 2.05) is 51.4 Å². The van der Waals surface area contributed by atoms with Crippen LogP contribution in [0, 0.1) is 12.8 Å². The minimum atomic E-state index is 0.0832. The second-order valence-corrected chi connectivity index (χ2v) is 8.16. The molecule has 2 heterocycles. The summed E-state index contributed by atoms with van der Waals surface area (Å²) in [6.45, 7) is 5.99. The number of benzene rings is 1. The zero-order chi connectivity index (χ0) is 21.5. The number of hydrogen-bond donors (Lipinski definition) is 1. The maximum absolute atomic E-state index is 12.4. The van der Waals surface area contributed by atoms with Crippen LogP contribution in [0.4, 0.5) is 5.69 Å². The summed E-state index contributed by atoms with van der Waals surface area (Å²) in [5.41, 5.74) is 4.16. The Morgan fingerprint density at radius 2 is 1.77 bits per heavy atom. The topological polar surface area (TPSA) is 54.9 Å². The smallest absolute Gasteiger partial charge is 0.224 e. The third-order valence-corrected chi connectivity index (χ3v) is 5.94. The summed E-state index contributed by atoms with van der Waals surface area (Å²) in [6.07, 6.45) is 8.79. The van der Waals surface area contributed by atoms with Crippen molar-refractivity contribution in [1.82, 2.24) is 9.97 Å². The van der Waals surface area contributed by atoms with Crippen LogP contribution >= 0.6 is 11.6 Å². The van der Waals surface area contributed by atoms with Crippen LogP contribution in [0.2, 0.25) is 5.02 Å². The first-order valence-corrected chi connectivity index (χ1v) is 11.2. The van der Waals surface area contributed by atoms with E-state index < -0.39 is 0 Å². The maximum Gasteiger partial charge on any atom is 0.224 e. The van der Waals surface area contributed by atoms with Gasteiger partial charge in [0.05, 0.1) is 5.52 Å². The van der Waals surface area contributed by atoms with Crippen molar-refractivity contribution in [1.29, 1.82) is 0 Å². The van der Waals surface area contributed by atoms with Crippen molar-refractivity contribution in [3.8, 4) is 0 Å². The second kappa shape index (κ2) is 10.5. The Morgan fingerprint density at radius 3 is 2.47 bits per heavy atom. The molecule has 1 aliphatic carbocycles. The van der Waals surface area contributed by atoms with E-state index in [-0.39, 0.29) is 5.91 Å². The molecule has 30 heavy (non-hydrogen) atoms. The summed E-state index contributed by atoms with van der Waals surface area (Å²) in [5.74, 6) is 1.04. The standard InChI is InChI=1S/C23H24ClN3O.C2H6/c1-15-12-22-21(14-26-15)20(10-11-25-22)17-4-2-16(3-5-17)13-23(28)27-19-8-6-18(24)7-9-19;1-2/h6-12,14,16-17H,2-5,13H2,1H3,(H,27,28);1-2H3. The van der Waals surface area contributed by atoms with Crippen LogP contribution in [0.25, 0.3) is 10.9 Å². The molecular formula is C25H30ClN3O. The van der Waals surface area contributed by atoms with Gasteiger partial charge >= 0.3 is 0 Å². The molecule has 0 atom stereocenters. The van der Waals surface area contributed by atoms with Crippen molar-refractivity contribution in [3.63, 3.8) is 0 Å². The van der Waals surface area contributed by atoms with Gasteiger partial charge in [0.25, 0.3) is 0 Å². The van der Waals surface area contributed by atoms with E-state index in [1.54, 1.807) is 12.1 Å². The zero-order valence-electron chi connectivity index (χ0n) is 18.0. The number of aryl methyl sites for hydroxylation is 1. The number of halogens is 1. The minimum Gasteiger partial charge on any atom is -0.326 e. The van der Waals surface area contributed by atoms with Gasteiger partial charge in [0.1, 0.15) is 0 Å². The number of amides is 1. The Morgan fingerprint density at radius 1 is 1.07 bits per heavy atom. The molecule has 1 N–H and O–H groups in total. The number of fused-ring (bicyclic) bond motifs is 1. The molecule has 0 spiro atoms. The SMILES string of the molecule is CC.Cc1cc2nccc(C3CCC(CC(=O)Nc4ccc(Cl)cc4)CC3)c2cn1. The molecule has 0 radical (unpaired) electrons. The number of pyridine rings is 2. The van der Waals surface area contributed by atoms with Gasteiger partial charge in [0, 0.05) is 40.6 Å². The van der Waals surface area contributed by atoms with Gasteiger partial charge in [-0.15, -0.1) is 0 Å². The van der Waals surface area contributed by atoms with Gasteiger partial charge in [0.2, 0.25) is 5.91 Å². The molecule has 3 aromatic rings. The van der Waals surface area contributed by atoms with E-state index in [0.29, 0.717) is 23.3 Å². The van der Waals surface area contributed by atoms with Crippen LogP contribution < -0.4 is 5.32 Å². The molecule has 1 saturated carbocycles. The first-order valence-electron chi connectivity index (χ1n) is 10.8. The normalized spacial score (nSPS) is 18.4. The minimum absolute atomic E-state index is 0.0832. The Bertz CT molecular complexity index is 979. The molecule has 0 bridgehead atoms. The highest BCUT2D eigenvalue weighted by atomic mass is 35.5. The fourth-order valence-corrected chi connectivity index (χ4v) is 4.33. The van der Waals surface area contributed by atoms with E-state index in [1.165, 1.54) is 5.56 Å². The second-order valence-electron chi connectivity index (χ2n) is 7.72. The van der Waals surface area contributed by atoms with E-state index in [2.05, 4.69) is 21.4 Å². The summed E-state index contributed by atoms with van der Waals surface area (Å²) < 4.78 is 0. The van der Waals surface area contributed by atoms with Crippen LogP contribution in [0.5, 0.6) is 0 Å². The molecular weight excluding hydrogens is 394 g/mol. The molecule has 158 valence electrons. The summed E-state index contributed by atoms with van der Waals surface area (Å²) in [5, 5.41) is 4.81. The predicted molar refractivity (Wildman–Crippen MR) is 125 cm³/mol. The maximum atomic E-state index is 12.4. The van der Waals surface area contributed by atoms with E-state index in [9.17, 15) is 4.79 Å². The zero-order valence-corrected chi connectivity index (χ0v) is 18.7. The van der Waals surface area contributed by atoms with Crippen molar-refractivity contribution in [3.05, 3.63) is 65.1 Å². The third kappa shape index (κ3) is 5.57. The van der Waals surface area contributed by atoms with Crippen LogP contribution in [0.3, 0.4) is 0 Å². The lowest BCUT2D eigenvalue weighted by atomic mass is 9.77. The van der Waals surface area contributed by atoms with Gasteiger partial charge in [0.15, 0.2) is 0 Å². The highest BCUT2D eigenvalue weighted by molar-refractivity contribution is 6.30. The van der Waals surface area contributed by atoms with E-state index in [0.717, 1.165) is 48.0 Å². The average molecular weight is 424 g/mol. The molecule has 1 fully saturated rings.